The van der Waals surface area contributed by atoms with Crippen molar-refractivity contribution in [3.05, 3.63) is 29.7 Å². The van der Waals surface area contributed by atoms with Gasteiger partial charge in [-0.3, -0.25) is 4.79 Å². The lowest BCUT2D eigenvalue weighted by molar-refractivity contribution is 0.0946. The van der Waals surface area contributed by atoms with Crippen LogP contribution in [0.2, 0.25) is 0 Å². The van der Waals surface area contributed by atoms with Crippen LogP contribution < -0.4 is 5.32 Å². The Morgan fingerprint density at radius 3 is 3.12 bits per heavy atom. The molecule has 5 heteroatoms. The van der Waals surface area contributed by atoms with Crippen molar-refractivity contribution in [1.29, 1.82) is 0 Å². The standard InChI is InChI=1S/C11H14N4O/c1-3-5-13-11(16)9-4-6-12-10-7-8(2)14-15(9)10/h4,6-7H,3,5H2,1-2H3,(H,13,16). The maximum absolute atomic E-state index is 11.8. The molecule has 2 heterocycles. The average Bonchev–Trinajstić information content (AvgIpc) is 2.65. The zero-order valence-corrected chi connectivity index (χ0v) is 9.40. The van der Waals surface area contributed by atoms with Crippen molar-refractivity contribution < 1.29 is 4.79 Å². The molecule has 2 aromatic heterocycles. The summed E-state index contributed by atoms with van der Waals surface area (Å²) in [6, 6.07) is 3.51. The molecule has 5 nitrogen and oxygen atoms in total. The molecule has 2 aromatic rings. The molecule has 0 saturated carbocycles. The molecular weight excluding hydrogens is 204 g/mol. The second-order valence-corrected chi connectivity index (χ2v) is 3.64. The Hall–Kier alpha value is -1.91. The van der Waals surface area contributed by atoms with Gasteiger partial charge in [0, 0.05) is 18.8 Å². The third kappa shape index (κ3) is 1.88. The summed E-state index contributed by atoms with van der Waals surface area (Å²) < 4.78 is 1.57. The van der Waals surface area contributed by atoms with Gasteiger partial charge < -0.3 is 5.32 Å². The summed E-state index contributed by atoms with van der Waals surface area (Å²) >= 11 is 0. The first-order chi connectivity index (χ1) is 7.72. The van der Waals surface area contributed by atoms with Crippen molar-refractivity contribution in [2.45, 2.75) is 20.3 Å². The number of aryl methyl sites for hydroxylation is 1. The lowest BCUT2D eigenvalue weighted by Gasteiger charge is -2.04. The van der Waals surface area contributed by atoms with E-state index in [0.717, 1.165) is 12.1 Å². The molecule has 0 aliphatic rings. The summed E-state index contributed by atoms with van der Waals surface area (Å²) in [7, 11) is 0. The van der Waals surface area contributed by atoms with Gasteiger partial charge in [0.2, 0.25) is 0 Å². The Labute approximate surface area is 93.5 Å². The SMILES string of the molecule is CCCNC(=O)c1ccnc2cc(C)nn12. The summed E-state index contributed by atoms with van der Waals surface area (Å²) in [6.45, 7) is 4.56. The highest BCUT2D eigenvalue weighted by Gasteiger charge is 2.10. The molecule has 16 heavy (non-hydrogen) atoms. The molecule has 0 saturated heterocycles. The molecule has 0 aromatic carbocycles. The first-order valence-electron chi connectivity index (χ1n) is 5.32. The first kappa shape index (κ1) is 10.6. The smallest absolute Gasteiger partial charge is 0.270 e. The van der Waals surface area contributed by atoms with Gasteiger partial charge in [0.15, 0.2) is 5.65 Å². The summed E-state index contributed by atoms with van der Waals surface area (Å²) in [5.74, 6) is -0.114. The van der Waals surface area contributed by atoms with Crippen molar-refractivity contribution in [3.63, 3.8) is 0 Å². The lowest BCUT2D eigenvalue weighted by Crippen LogP contribution is -2.26. The van der Waals surface area contributed by atoms with Gasteiger partial charge in [0.05, 0.1) is 5.69 Å². The Morgan fingerprint density at radius 1 is 1.56 bits per heavy atom. The largest absolute Gasteiger partial charge is 0.351 e. The van der Waals surface area contributed by atoms with Crippen LogP contribution in [0, 0.1) is 6.92 Å². The van der Waals surface area contributed by atoms with Crippen LogP contribution in [0.3, 0.4) is 0 Å². The minimum atomic E-state index is -0.114. The van der Waals surface area contributed by atoms with E-state index in [0.29, 0.717) is 17.9 Å². The fourth-order valence-corrected chi connectivity index (χ4v) is 1.51. The van der Waals surface area contributed by atoms with Gasteiger partial charge in [-0.15, -0.1) is 0 Å². The number of nitrogens with one attached hydrogen (secondary N) is 1. The number of amides is 1. The van der Waals surface area contributed by atoms with Crippen LogP contribution in [0.1, 0.15) is 29.5 Å². The second-order valence-electron chi connectivity index (χ2n) is 3.64. The lowest BCUT2D eigenvalue weighted by atomic mass is 10.3. The topological polar surface area (TPSA) is 59.3 Å². The molecule has 2 rings (SSSR count). The third-order valence-electron chi connectivity index (χ3n) is 2.25. The molecule has 1 amide bonds. The van der Waals surface area contributed by atoms with E-state index in [1.54, 1.807) is 16.8 Å². The van der Waals surface area contributed by atoms with Crippen LogP contribution >= 0.6 is 0 Å². The minimum absolute atomic E-state index is 0.114. The van der Waals surface area contributed by atoms with Gasteiger partial charge in [0.1, 0.15) is 5.69 Å². The number of hydrogen-bond acceptors (Lipinski definition) is 3. The van der Waals surface area contributed by atoms with E-state index in [9.17, 15) is 4.79 Å². The molecule has 0 atom stereocenters. The highest BCUT2D eigenvalue weighted by Crippen LogP contribution is 2.06. The molecule has 0 radical (unpaired) electrons. The van der Waals surface area contributed by atoms with Gasteiger partial charge in [0.25, 0.3) is 5.91 Å². The predicted octanol–water partition coefficient (Wildman–Crippen LogP) is 1.18. The van der Waals surface area contributed by atoms with E-state index in [1.165, 1.54) is 0 Å². The summed E-state index contributed by atoms with van der Waals surface area (Å²) in [4.78, 5) is 16.0. The number of aromatic nitrogens is 3. The number of rotatable bonds is 3. The molecular formula is C11H14N4O. The van der Waals surface area contributed by atoms with Gasteiger partial charge in [-0.1, -0.05) is 6.92 Å². The quantitative estimate of drug-likeness (QED) is 0.841. The summed E-state index contributed by atoms with van der Waals surface area (Å²) in [6.07, 6.45) is 2.54. The maximum Gasteiger partial charge on any atom is 0.270 e. The molecule has 1 N–H and O–H groups in total. The zero-order chi connectivity index (χ0) is 11.5. The summed E-state index contributed by atoms with van der Waals surface area (Å²) in [5.41, 5.74) is 2.07. The maximum atomic E-state index is 11.8. The normalized spacial score (nSPS) is 10.6. The van der Waals surface area contributed by atoms with E-state index in [1.807, 2.05) is 19.9 Å². The molecule has 84 valence electrons. The Morgan fingerprint density at radius 2 is 2.38 bits per heavy atom. The monoisotopic (exact) mass is 218 g/mol. The molecule has 0 spiro atoms. The molecule has 0 bridgehead atoms. The van der Waals surface area contributed by atoms with E-state index in [-0.39, 0.29) is 5.91 Å². The van der Waals surface area contributed by atoms with Crippen LogP contribution in [0.15, 0.2) is 18.3 Å². The Bertz CT molecular complexity index is 518. The molecule has 0 unspecified atom stereocenters. The molecule has 0 aliphatic heterocycles. The summed E-state index contributed by atoms with van der Waals surface area (Å²) in [5, 5.41) is 7.06. The Kier molecular flexibility index (Phi) is 2.85. The van der Waals surface area contributed by atoms with Gasteiger partial charge >= 0.3 is 0 Å². The second kappa shape index (κ2) is 4.30. The van der Waals surface area contributed by atoms with E-state index in [4.69, 9.17) is 0 Å². The fourth-order valence-electron chi connectivity index (χ4n) is 1.51. The third-order valence-corrected chi connectivity index (χ3v) is 2.25. The number of hydrogen-bond donors (Lipinski definition) is 1. The van der Waals surface area contributed by atoms with Crippen molar-refractivity contribution in [3.8, 4) is 0 Å². The number of fused-ring (bicyclic) bond motifs is 1. The van der Waals surface area contributed by atoms with Crippen LogP contribution in [-0.4, -0.2) is 27.0 Å². The van der Waals surface area contributed by atoms with Gasteiger partial charge in [-0.05, 0) is 19.4 Å². The number of nitrogens with zero attached hydrogens (tertiary/aromatic N) is 3. The van der Waals surface area contributed by atoms with Crippen LogP contribution in [-0.2, 0) is 0 Å². The van der Waals surface area contributed by atoms with Crippen LogP contribution in [0.25, 0.3) is 5.65 Å². The van der Waals surface area contributed by atoms with Gasteiger partial charge in [-0.2, -0.15) is 5.10 Å². The number of carbonyl (C=O) groups is 1. The van der Waals surface area contributed by atoms with Crippen molar-refractivity contribution in [2.75, 3.05) is 6.54 Å². The predicted molar refractivity (Wildman–Crippen MR) is 60.3 cm³/mol. The van der Waals surface area contributed by atoms with Crippen molar-refractivity contribution >= 4 is 11.6 Å². The van der Waals surface area contributed by atoms with E-state index < -0.39 is 0 Å². The van der Waals surface area contributed by atoms with Gasteiger partial charge in [-0.25, -0.2) is 9.50 Å². The van der Waals surface area contributed by atoms with Crippen LogP contribution in [0.4, 0.5) is 0 Å². The minimum Gasteiger partial charge on any atom is -0.351 e. The zero-order valence-electron chi connectivity index (χ0n) is 9.40. The number of carbonyl (C=O) groups excluding carboxylic acids is 1. The fraction of sp³-hybridized carbons (Fsp3) is 0.364. The van der Waals surface area contributed by atoms with Crippen LogP contribution in [0.5, 0.6) is 0 Å². The van der Waals surface area contributed by atoms with E-state index >= 15 is 0 Å². The van der Waals surface area contributed by atoms with Crippen molar-refractivity contribution in [2.24, 2.45) is 0 Å². The molecule has 0 fully saturated rings. The van der Waals surface area contributed by atoms with Crippen molar-refractivity contribution in [1.82, 2.24) is 19.9 Å². The first-order valence-corrected chi connectivity index (χ1v) is 5.32. The highest BCUT2D eigenvalue weighted by atomic mass is 16.1. The van der Waals surface area contributed by atoms with E-state index in [2.05, 4.69) is 15.4 Å². The average molecular weight is 218 g/mol. The molecule has 0 aliphatic carbocycles. The highest BCUT2D eigenvalue weighted by molar-refractivity contribution is 5.92. The Balaban J connectivity index is 2.39.